The Morgan fingerprint density at radius 2 is 1.68 bits per heavy atom. The van der Waals surface area contributed by atoms with Gasteiger partial charge in [-0.1, -0.05) is 36.9 Å². The van der Waals surface area contributed by atoms with Crippen LogP contribution in [-0.4, -0.2) is 15.0 Å². The maximum atomic E-state index is 4.36. The van der Waals surface area contributed by atoms with Crippen LogP contribution in [0.2, 0.25) is 0 Å². The van der Waals surface area contributed by atoms with E-state index in [1.165, 1.54) is 0 Å². The summed E-state index contributed by atoms with van der Waals surface area (Å²) >= 11 is 0. The second kappa shape index (κ2) is 6.18. The number of pyridine rings is 1. The van der Waals surface area contributed by atoms with Gasteiger partial charge in [-0.2, -0.15) is 0 Å². The fraction of sp³-hybridized carbons (Fsp3) is 0.0556. The summed E-state index contributed by atoms with van der Waals surface area (Å²) in [5, 5.41) is 3.17. The van der Waals surface area contributed by atoms with Gasteiger partial charge in [0.25, 0.3) is 0 Å². The standard InChI is InChI=1S/C18H16N4/c1-13(2)17-10-16(8-9-19-17)22-18-20-11-15(12-21-18)14-6-4-3-5-7-14/h3-12H,1H2,2H3,(H,19,20,21,22). The average molecular weight is 288 g/mol. The molecule has 0 saturated carbocycles. The van der Waals surface area contributed by atoms with Crippen molar-refractivity contribution in [2.24, 2.45) is 0 Å². The molecule has 108 valence electrons. The maximum Gasteiger partial charge on any atom is 0.227 e. The van der Waals surface area contributed by atoms with Crippen molar-refractivity contribution in [2.75, 3.05) is 5.32 Å². The zero-order chi connectivity index (χ0) is 15.4. The molecule has 0 spiro atoms. The number of anilines is 2. The van der Waals surface area contributed by atoms with Crippen molar-refractivity contribution in [3.63, 3.8) is 0 Å². The van der Waals surface area contributed by atoms with Crippen molar-refractivity contribution in [2.45, 2.75) is 6.92 Å². The van der Waals surface area contributed by atoms with Gasteiger partial charge in [0.2, 0.25) is 5.95 Å². The Labute approximate surface area is 129 Å². The van der Waals surface area contributed by atoms with Gasteiger partial charge < -0.3 is 5.32 Å². The normalized spacial score (nSPS) is 10.2. The third-order valence-electron chi connectivity index (χ3n) is 3.21. The molecule has 2 heterocycles. The van der Waals surface area contributed by atoms with Crippen LogP contribution in [-0.2, 0) is 0 Å². The Morgan fingerprint density at radius 1 is 0.955 bits per heavy atom. The third-order valence-corrected chi connectivity index (χ3v) is 3.21. The van der Waals surface area contributed by atoms with Gasteiger partial charge in [-0.05, 0) is 30.2 Å². The zero-order valence-corrected chi connectivity index (χ0v) is 12.3. The summed E-state index contributed by atoms with van der Waals surface area (Å²) in [5.41, 5.74) is 4.75. The molecule has 0 aliphatic heterocycles. The highest BCUT2D eigenvalue weighted by Crippen LogP contribution is 2.20. The van der Waals surface area contributed by atoms with Gasteiger partial charge in [0.05, 0.1) is 5.69 Å². The first kappa shape index (κ1) is 13.9. The van der Waals surface area contributed by atoms with Gasteiger partial charge >= 0.3 is 0 Å². The number of hydrogen-bond acceptors (Lipinski definition) is 4. The summed E-state index contributed by atoms with van der Waals surface area (Å²) in [6.45, 7) is 5.83. The highest BCUT2D eigenvalue weighted by atomic mass is 15.1. The number of benzene rings is 1. The first-order valence-corrected chi connectivity index (χ1v) is 6.99. The Morgan fingerprint density at radius 3 is 2.36 bits per heavy atom. The Hall–Kier alpha value is -3.01. The molecular weight excluding hydrogens is 272 g/mol. The van der Waals surface area contributed by atoms with Gasteiger partial charge in [0.15, 0.2) is 0 Å². The van der Waals surface area contributed by atoms with E-state index in [9.17, 15) is 0 Å². The molecule has 3 rings (SSSR count). The molecule has 22 heavy (non-hydrogen) atoms. The molecule has 0 unspecified atom stereocenters. The van der Waals surface area contributed by atoms with Crippen LogP contribution in [0.3, 0.4) is 0 Å². The van der Waals surface area contributed by atoms with E-state index in [0.717, 1.165) is 28.1 Å². The number of nitrogens with zero attached hydrogens (tertiary/aromatic N) is 3. The second-order valence-corrected chi connectivity index (χ2v) is 5.00. The molecule has 0 aliphatic rings. The minimum absolute atomic E-state index is 0.554. The van der Waals surface area contributed by atoms with E-state index in [1.54, 1.807) is 6.20 Å². The van der Waals surface area contributed by atoms with Crippen LogP contribution in [0, 0.1) is 0 Å². The number of allylic oxidation sites excluding steroid dienone is 1. The van der Waals surface area contributed by atoms with Crippen molar-refractivity contribution in [1.82, 2.24) is 15.0 Å². The van der Waals surface area contributed by atoms with Gasteiger partial charge in [-0.15, -0.1) is 0 Å². The van der Waals surface area contributed by atoms with Crippen molar-refractivity contribution in [3.05, 3.63) is 73.3 Å². The van der Waals surface area contributed by atoms with Crippen LogP contribution in [0.4, 0.5) is 11.6 Å². The smallest absolute Gasteiger partial charge is 0.227 e. The van der Waals surface area contributed by atoms with E-state index in [1.807, 2.05) is 61.8 Å². The van der Waals surface area contributed by atoms with Crippen molar-refractivity contribution >= 4 is 17.2 Å². The molecule has 0 fully saturated rings. The highest BCUT2D eigenvalue weighted by Gasteiger charge is 2.02. The Balaban J connectivity index is 1.79. The minimum atomic E-state index is 0.554. The average Bonchev–Trinajstić information content (AvgIpc) is 2.56. The topological polar surface area (TPSA) is 50.7 Å². The maximum absolute atomic E-state index is 4.36. The molecule has 1 N–H and O–H groups in total. The van der Waals surface area contributed by atoms with Crippen LogP contribution in [0.1, 0.15) is 12.6 Å². The Bertz CT molecular complexity index is 780. The first-order chi connectivity index (χ1) is 10.7. The van der Waals surface area contributed by atoms with E-state index in [4.69, 9.17) is 0 Å². The summed E-state index contributed by atoms with van der Waals surface area (Å²) in [6, 6.07) is 13.9. The zero-order valence-electron chi connectivity index (χ0n) is 12.3. The Kier molecular flexibility index (Phi) is 3.92. The highest BCUT2D eigenvalue weighted by molar-refractivity contribution is 5.65. The first-order valence-electron chi connectivity index (χ1n) is 6.99. The van der Waals surface area contributed by atoms with Crippen LogP contribution in [0.15, 0.2) is 67.6 Å². The molecule has 4 nitrogen and oxygen atoms in total. The molecule has 0 amide bonds. The molecule has 1 aromatic carbocycles. The largest absolute Gasteiger partial charge is 0.324 e. The number of hydrogen-bond donors (Lipinski definition) is 1. The minimum Gasteiger partial charge on any atom is -0.324 e. The summed E-state index contributed by atoms with van der Waals surface area (Å²) in [6.07, 6.45) is 5.36. The van der Waals surface area contributed by atoms with Gasteiger partial charge in [0.1, 0.15) is 0 Å². The van der Waals surface area contributed by atoms with E-state index >= 15 is 0 Å². The lowest BCUT2D eigenvalue weighted by Crippen LogP contribution is -1.98. The van der Waals surface area contributed by atoms with Crippen LogP contribution in [0.5, 0.6) is 0 Å². The second-order valence-electron chi connectivity index (χ2n) is 5.00. The number of rotatable bonds is 4. The molecule has 3 aromatic rings. The fourth-order valence-corrected chi connectivity index (χ4v) is 2.04. The van der Waals surface area contributed by atoms with E-state index in [2.05, 4.69) is 26.8 Å². The van der Waals surface area contributed by atoms with Crippen LogP contribution in [0.25, 0.3) is 16.7 Å². The summed E-state index contributed by atoms with van der Waals surface area (Å²) < 4.78 is 0. The number of aromatic nitrogens is 3. The lowest BCUT2D eigenvalue weighted by atomic mass is 10.1. The summed E-state index contributed by atoms with van der Waals surface area (Å²) in [7, 11) is 0. The molecule has 0 radical (unpaired) electrons. The van der Waals surface area contributed by atoms with Crippen molar-refractivity contribution in [1.29, 1.82) is 0 Å². The molecule has 0 bridgehead atoms. The van der Waals surface area contributed by atoms with Crippen molar-refractivity contribution < 1.29 is 0 Å². The van der Waals surface area contributed by atoms with E-state index < -0.39 is 0 Å². The number of nitrogens with one attached hydrogen (secondary N) is 1. The fourth-order valence-electron chi connectivity index (χ4n) is 2.04. The molecular formula is C18H16N4. The molecule has 0 aliphatic carbocycles. The quantitative estimate of drug-likeness (QED) is 0.777. The van der Waals surface area contributed by atoms with Crippen LogP contribution < -0.4 is 5.32 Å². The van der Waals surface area contributed by atoms with E-state index in [-0.39, 0.29) is 0 Å². The monoisotopic (exact) mass is 288 g/mol. The van der Waals surface area contributed by atoms with Gasteiger partial charge in [0, 0.05) is 29.8 Å². The lowest BCUT2D eigenvalue weighted by molar-refractivity contribution is 1.16. The SMILES string of the molecule is C=C(C)c1cc(Nc2ncc(-c3ccccc3)cn2)ccn1. The van der Waals surface area contributed by atoms with Crippen LogP contribution >= 0.6 is 0 Å². The van der Waals surface area contributed by atoms with Gasteiger partial charge in [-0.25, -0.2) is 9.97 Å². The summed E-state index contributed by atoms with van der Waals surface area (Å²) in [5.74, 6) is 0.554. The lowest BCUT2D eigenvalue weighted by Gasteiger charge is -2.07. The van der Waals surface area contributed by atoms with Gasteiger partial charge in [-0.3, -0.25) is 4.98 Å². The van der Waals surface area contributed by atoms with E-state index in [0.29, 0.717) is 5.95 Å². The van der Waals surface area contributed by atoms with Crippen molar-refractivity contribution in [3.8, 4) is 11.1 Å². The predicted molar refractivity (Wildman–Crippen MR) is 89.7 cm³/mol. The molecule has 0 saturated heterocycles. The molecule has 4 heteroatoms. The third kappa shape index (κ3) is 3.17. The predicted octanol–water partition coefficient (Wildman–Crippen LogP) is 4.32. The summed E-state index contributed by atoms with van der Waals surface area (Å²) in [4.78, 5) is 13.0. The molecule has 0 atom stereocenters. The molecule has 2 aromatic heterocycles.